The molecule has 1 atom stereocenters. The maximum absolute atomic E-state index is 11.8. The van der Waals surface area contributed by atoms with Gasteiger partial charge in [-0.05, 0) is 32.8 Å². The molecule has 112 valence electrons. The molecule has 1 heterocycles. The van der Waals surface area contributed by atoms with Crippen LogP contribution in [0.2, 0.25) is 0 Å². The molecule has 20 heavy (non-hydrogen) atoms. The smallest absolute Gasteiger partial charge is 0.338 e. The Hall–Kier alpha value is -1.60. The van der Waals surface area contributed by atoms with Crippen molar-refractivity contribution in [2.75, 3.05) is 19.0 Å². The first-order chi connectivity index (χ1) is 9.36. The number of urea groups is 1. The molecular formula is C13H20N2O4S. The zero-order valence-electron chi connectivity index (χ0n) is 12.1. The van der Waals surface area contributed by atoms with Gasteiger partial charge in [-0.15, -0.1) is 11.3 Å². The fourth-order valence-corrected chi connectivity index (χ4v) is 2.75. The number of hydrogen-bond donors (Lipinski definition) is 3. The minimum absolute atomic E-state index is 0.0506. The minimum atomic E-state index is -1.03. The largest absolute Gasteiger partial charge is 0.478 e. The molecule has 0 aliphatic carbocycles. The monoisotopic (exact) mass is 300 g/mol. The third-order valence-electron chi connectivity index (χ3n) is 2.96. The van der Waals surface area contributed by atoms with Crippen molar-refractivity contribution in [2.24, 2.45) is 0 Å². The number of thiophene rings is 1. The molecule has 0 saturated carbocycles. The Labute approximate surface area is 122 Å². The highest BCUT2D eigenvalue weighted by molar-refractivity contribution is 7.16. The predicted molar refractivity (Wildman–Crippen MR) is 78.9 cm³/mol. The Balaban J connectivity index is 2.71. The average Bonchev–Trinajstić information content (AvgIpc) is 2.61. The SMILES string of the molecule is COCCC(C)NC(=O)Nc1sc(C)c(C)c1C(=O)O. The standard InChI is InChI=1S/C13H20N2O4S/c1-7(5-6-19-4)14-13(18)15-11-10(12(16)17)8(2)9(3)20-11/h7H,5-6H2,1-4H3,(H,16,17)(H2,14,15,18). The number of aromatic carboxylic acids is 1. The van der Waals surface area contributed by atoms with Gasteiger partial charge in [0.15, 0.2) is 0 Å². The molecule has 3 N–H and O–H groups in total. The third kappa shape index (κ3) is 4.21. The van der Waals surface area contributed by atoms with E-state index in [2.05, 4.69) is 10.6 Å². The quantitative estimate of drug-likeness (QED) is 0.753. The lowest BCUT2D eigenvalue weighted by atomic mass is 10.1. The van der Waals surface area contributed by atoms with Crippen LogP contribution in [0.25, 0.3) is 0 Å². The second kappa shape index (κ2) is 7.25. The van der Waals surface area contributed by atoms with Gasteiger partial charge < -0.3 is 15.2 Å². The number of rotatable bonds is 6. The lowest BCUT2D eigenvalue weighted by molar-refractivity contribution is 0.0697. The van der Waals surface area contributed by atoms with Crippen molar-refractivity contribution >= 4 is 28.3 Å². The third-order valence-corrected chi connectivity index (χ3v) is 4.08. The molecule has 0 bridgehead atoms. The van der Waals surface area contributed by atoms with E-state index in [4.69, 9.17) is 4.74 Å². The molecule has 0 spiro atoms. The number of carbonyl (C=O) groups is 2. The number of anilines is 1. The molecule has 6 nitrogen and oxygen atoms in total. The molecule has 1 aromatic rings. The minimum Gasteiger partial charge on any atom is -0.478 e. The number of carboxylic acids is 1. The maximum Gasteiger partial charge on any atom is 0.338 e. The summed E-state index contributed by atoms with van der Waals surface area (Å²) >= 11 is 1.27. The Kier molecular flexibility index (Phi) is 5.97. The van der Waals surface area contributed by atoms with Crippen LogP contribution in [0.1, 0.15) is 34.1 Å². The first kappa shape index (κ1) is 16.5. The molecule has 1 aromatic heterocycles. The van der Waals surface area contributed by atoms with Gasteiger partial charge in [0.05, 0.1) is 5.56 Å². The van der Waals surface area contributed by atoms with Gasteiger partial charge in [-0.2, -0.15) is 0 Å². The highest BCUT2D eigenvalue weighted by atomic mass is 32.1. The molecule has 0 aliphatic heterocycles. The number of methoxy groups -OCH3 is 1. The highest BCUT2D eigenvalue weighted by Crippen LogP contribution is 2.32. The van der Waals surface area contributed by atoms with Crippen LogP contribution >= 0.6 is 11.3 Å². The van der Waals surface area contributed by atoms with E-state index >= 15 is 0 Å². The predicted octanol–water partition coefficient (Wildman–Crippen LogP) is 2.61. The van der Waals surface area contributed by atoms with E-state index in [-0.39, 0.29) is 11.6 Å². The van der Waals surface area contributed by atoms with Crippen molar-refractivity contribution in [1.29, 1.82) is 0 Å². The van der Waals surface area contributed by atoms with Gasteiger partial charge in [0.25, 0.3) is 0 Å². The maximum atomic E-state index is 11.8. The zero-order chi connectivity index (χ0) is 15.3. The summed E-state index contributed by atoms with van der Waals surface area (Å²) in [6.45, 7) is 5.98. The van der Waals surface area contributed by atoms with E-state index in [9.17, 15) is 14.7 Å². The van der Waals surface area contributed by atoms with Crippen molar-refractivity contribution in [3.63, 3.8) is 0 Å². The molecule has 0 saturated heterocycles. The van der Waals surface area contributed by atoms with Crippen LogP contribution in [0.15, 0.2) is 0 Å². The first-order valence-corrected chi connectivity index (χ1v) is 7.08. The Bertz CT molecular complexity index is 499. The van der Waals surface area contributed by atoms with E-state index < -0.39 is 12.0 Å². The van der Waals surface area contributed by atoms with Crippen LogP contribution in [0.5, 0.6) is 0 Å². The van der Waals surface area contributed by atoms with E-state index in [1.54, 1.807) is 14.0 Å². The molecular weight excluding hydrogens is 280 g/mol. The summed E-state index contributed by atoms with van der Waals surface area (Å²) in [7, 11) is 1.60. The second-order valence-electron chi connectivity index (χ2n) is 4.57. The second-order valence-corrected chi connectivity index (χ2v) is 5.80. The van der Waals surface area contributed by atoms with Gasteiger partial charge in [-0.1, -0.05) is 0 Å². The topological polar surface area (TPSA) is 87.7 Å². The van der Waals surface area contributed by atoms with E-state index in [0.29, 0.717) is 23.6 Å². The van der Waals surface area contributed by atoms with Crippen LogP contribution in [-0.4, -0.2) is 36.9 Å². The van der Waals surface area contributed by atoms with Gasteiger partial charge in [-0.25, -0.2) is 9.59 Å². The lowest BCUT2D eigenvalue weighted by Gasteiger charge is -2.13. The Morgan fingerprint density at radius 3 is 2.60 bits per heavy atom. The molecule has 1 unspecified atom stereocenters. The summed E-state index contributed by atoms with van der Waals surface area (Å²) in [5.41, 5.74) is 0.845. The number of hydrogen-bond acceptors (Lipinski definition) is 4. The average molecular weight is 300 g/mol. The molecule has 0 fully saturated rings. The van der Waals surface area contributed by atoms with E-state index in [0.717, 1.165) is 4.88 Å². The van der Waals surface area contributed by atoms with Crippen LogP contribution < -0.4 is 10.6 Å². The zero-order valence-corrected chi connectivity index (χ0v) is 12.9. The van der Waals surface area contributed by atoms with Crippen molar-refractivity contribution < 1.29 is 19.4 Å². The fourth-order valence-electron chi connectivity index (χ4n) is 1.70. The van der Waals surface area contributed by atoms with Crippen molar-refractivity contribution in [3.8, 4) is 0 Å². The number of carbonyl (C=O) groups excluding carboxylic acids is 1. The summed E-state index contributed by atoms with van der Waals surface area (Å²) < 4.78 is 4.93. The Morgan fingerprint density at radius 1 is 1.40 bits per heavy atom. The molecule has 7 heteroatoms. The normalized spacial score (nSPS) is 12.0. The van der Waals surface area contributed by atoms with Crippen molar-refractivity contribution in [3.05, 3.63) is 16.0 Å². The number of nitrogens with one attached hydrogen (secondary N) is 2. The molecule has 1 rings (SSSR count). The van der Waals surface area contributed by atoms with Crippen molar-refractivity contribution in [1.82, 2.24) is 5.32 Å². The van der Waals surface area contributed by atoms with E-state index in [1.807, 2.05) is 13.8 Å². The number of amides is 2. The van der Waals surface area contributed by atoms with Crippen LogP contribution in [0.3, 0.4) is 0 Å². The Morgan fingerprint density at radius 2 is 2.05 bits per heavy atom. The summed E-state index contributed by atoms with van der Waals surface area (Å²) in [6, 6.07) is -0.456. The summed E-state index contributed by atoms with van der Waals surface area (Å²) in [6.07, 6.45) is 0.693. The van der Waals surface area contributed by atoms with Crippen LogP contribution in [0.4, 0.5) is 9.80 Å². The van der Waals surface area contributed by atoms with Gasteiger partial charge in [0.2, 0.25) is 0 Å². The highest BCUT2D eigenvalue weighted by Gasteiger charge is 2.20. The summed E-state index contributed by atoms with van der Waals surface area (Å²) in [4.78, 5) is 23.9. The first-order valence-electron chi connectivity index (χ1n) is 6.26. The number of ether oxygens (including phenoxy) is 1. The lowest BCUT2D eigenvalue weighted by Crippen LogP contribution is -2.36. The molecule has 2 amide bonds. The van der Waals surface area contributed by atoms with Crippen molar-refractivity contribution in [2.45, 2.75) is 33.2 Å². The molecule has 0 radical (unpaired) electrons. The van der Waals surface area contributed by atoms with Gasteiger partial charge in [0.1, 0.15) is 5.00 Å². The van der Waals surface area contributed by atoms with Crippen LogP contribution in [-0.2, 0) is 4.74 Å². The van der Waals surface area contributed by atoms with E-state index in [1.165, 1.54) is 11.3 Å². The summed E-state index contributed by atoms with van der Waals surface area (Å²) in [5.74, 6) is -1.03. The molecule has 0 aromatic carbocycles. The van der Waals surface area contributed by atoms with Crippen LogP contribution in [0, 0.1) is 13.8 Å². The van der Waals surface area contributed by atoms with Gasteiger partial charge in [-0.3, -0.25) is 5.32 Å². The van der Waals surface area contributed by atoms with Gasteiger partial charge in [0, 0.05) is 24.6 Å². The molecule has 0 aliphatic rings. The number of carboxylic acid groups (broad SMARTS) is 1. The van der Waals surface area contributed by atoms with Gasteiger partial charge >= 0.3 is 12.0 Å². The fraction of sp³-hybridized carbons (Fsp3) is 0.538. The summed E-state index contributed by atoms with van der Waals surface area (Å²) in [5, 5.41) is 14.9. The number of aryl methyl sites for hydroxylation is 1.